The second-order valence-electron chi connectivity index (χ2n) is 9.13. The highest BCUT2D eigenvalue weighted by Gasteiger charge is 2.51. The van der Waals surface area contributed by atoms with Crippen molar-refractivity contribution < 1.29 is 50.6 Å². The number of urea groups is 1. The number of amides is 4. The Hall–Kier alpha value is -4.67. The number of nitrogens with zero attached hydrogens (tertiary/aromatic N) is 4. The molecular formula is C26H21F6N5O5S. The molecular weight excluding hydrogens is 608 g/mol. The first-order valence-electron chi connectivity index (χ1n) is 11.9. The smallest absolute Gasteiger partial charge is 0.475 e. The summed E-state index contributed by atoms with van der Waals surface area (Å²) < 4.78 is 69.6. The fourth-order valence-corrected chi connectivity index (χ4v) is 4.17. The number of pyridine rings is 2. The number of thioether (sulfide) groups is 1. The van der Waals surface area contributed by atoms with Gasteiger partial charge in [0.25, 0.3) is 11.8 Å². The maximum atomic E-state index is 13.2. The standard InChI is InChI=1S/C24H20F3N5O3S.C2HF3O2/c1-23(2)21(34)32(16-6-8-17(9-7-16)36-24(25,26)27)22(35)31(23)14-15-10-12-29-19(13-15)30-20(33)18-5-3-4-11-28-18;3-2(4,5)1(6)7/h3-13H,14H2,1-2H3,(H,29,30,33);(H,6,7). The Balaban J connectivity index is 0.000000646. The van der Waals surface area contributed by atoms with Crippen LogP contribution in [-0.2, 0) is 16.1 Å². The van der Waals surface area contributed by atoms with Crippen LogP contribution in [0, 0.1) is 0 Å². The molecule has 10 nitrogen and oxygen atoms in total. The third-order valence-electron chi connectivity index (χ3n) is 5.70. The van der Waals surface area contributed by atoms with E-state index < -0.39 is 41.0 Å². The van der Waals surface area contributed by atoms with Crippen LogP contribution in [-0.4, -0.2) is 61.0 Å². The molecule has 2 N–H and O–H groups in total. The first-order valence-corrected chi connectivity index (χ1v) is 12.7. The molecule has 1 fully saturated rings. The molecule has 0 unspecified atom stereocenters. The number of carbonyl (C=O) groups excluding carboxylic acids is 3. The topological polar surface area (TPSA) is 133 Å². The minimum atomic E-state index is -5.08. The van der Waals surface area contributed by atoms with Crippen LogP contribution >= 0.6 is 11.8 Å². The van der Waals surface area contributed by atoms with Crippen molar-refractivity contribution in [3.05, 3.63) is 78.2 Å². The molecule has 17 heteroatoms. The van der Waals surface area contributed by atoms with E-state index in [1.54, 1.807) is 44.2 Å². The van der Waals surface area contributed by atoms with E-state index in [1.165, 1.54) is 41.6 Å². The van der Waals surface area contributed by atoms with Gasteiger partial charge >= 0.3 is 23.7 Å². The molecule has 0 atom stereocenters. The lowest BCUT2D eigenvalue weighted by molar-refractivity contribution is -0.192. The summed E-state index contributed by atoms with van der Waals surface area (Å²) in [5.41, 5.74) is -4.68. The molecule has 3 heterocycles. The molecule has 1 aliphatic rings. The van der Waals surface area contributed by atoms with E-state index in [1.807, 2.05) is 0 Å². The van der Waals surface area contributed by atoms with E-state index in [0.717, 1.165) is 4.90 Å². The van der Waals surface area contributed by atoms with Gasteiger partial charge < -0.3 is 15.3 Å². The normalized spacial score (nSPS) is 14.7. The molecule has 0 spiro atoms. The SMILES string of the molecule is CC1(C)C(=O)N(c2ccc(SC(F)(F)F)cc2)C(=O)N1Cc1ccnc(NC(=O)c2ccccn2)c1.O=C(O)C(F)(F)F. The number of halogens is 6. The summed E-state index contributed by atoms with van der Waals surface area (Å²) >= 11 is -0.279. The van der Waals surface area contributed by atoms with Crippen LogP contribution < -0.4 is 10.2 Å². The predicted octanol–water partition coefficient (Wildman–Crippen LogP) is 5.72. The molecule has 1 aliphatic heterocycles. The quantitative estimate of drug-likeness (QED) is 0.201. The van der Waals surface area contributed by atoms with Crippen molar-refractivity contribution >= 4 is 47.1 Å². The van der Waals surface area contributed by atoms with Gasteiger partial charge in [-0.15, -0.1) is 0 Å². The van der Waals surface area contributed by atoms with E-state index in [2.05, 4.69) is 15.3 Å². The number of nitrogens with one attached hydrogen (secondary N) is 1. The molecule has 228 valence electrons. The number of rotatable bonds is 6. The second kappa shape index (κ2) is 12.7. The number of anilines is 2. The summed E-state index contributed by atoms with van der Waals surface area (Å²) in [6.45, 7) is 3.21. The molecule has 0 aliphatic carbocycles. The number of carboxylic acids is 1. The minimum Gasteiger partial charge on any atom is -0.475 e. The van der Waals surface area contributed by atoms with E-state index in [9.17, 15) is 40.7 Å². The van der Waals surface area contributed by atoms with Gasteiger partial charge in [-0.25, -0.2) is 19.5 Å². The molecule has 43 heavy (non-hydrogen) atoms. The lowest BCUT2D eigenvalue weighted by Crippen LogP contribution is -2.43. The fourth-order valence-electron chi connectivity index (χ4n) is 3.63. The van der Waals surface area contributed by atoms with Gasteiger partial charge in [-0.05, 0) is 79.7 Å². The van der Waals surface area contributed by atoms with Gasteiger partial charge in [-0.2, -0.15) is 26.3 Å². The lowest BCUT2D eigenvalue weighted by atomic mass is 10.0. The van der Waals surface area contributed by atoms with Crippen LogP contribution in [0.3, 0.4) is 0 Å². The molecule has 4 amide bonds. The van der Waals surface area contributed by atoms with Gasteiger partial charge in [0.2, 0.25) is 0 Å². The molecule has 3 aromatic rings. The first kappa shape index (κ1) is 32.8. The summed E-state index contributed by atoms with van der Waals surface area (Å²) in [6.07, 6.45) is -2.13. The number of hydrogen-bond donors (Lipinski definition) is 2. The number of imide groups is 1. The average molecular weight is 630 g/mol. The van der Waals surface area contributed by atoms with Crippen molar-refractivity contribution in [3.8, 4) is 0 Å². The molecule has 4 rings (SSSR count). The number of carbonyl (C=O) groups is 4. The van der Waals surface area contributed by atoms with Gasteiger partial charge in [0, 0.05) is 23.8 Å². The number of aromatic nitrogens is 2. The molecule has 0 saturated carbocycles. The van der Waals surface area contributed by atoms with Crippen LogP contribution in [0.2, 0.25) is 0 Å². The van der Waals surface area contributed by atoms with Gasteiger partial charge in [0.05, 0.1) is 5.69 Å². The number of alkyl halides is 6. The highest BCUT2D eigenvalue weighted by molar-refractivity contribution is 8.00. The zero-order chi connectivity index (χ0) is 32.2. The van der Waals surface area contributed by atoms with Gasteiger partial charge in [-0.1, -0.05) is 6.07 Å². The monoisotopic (exact) mass is 629 g/mol. The zero-order valence-corrected chi connectivity index (χ0v) is 22.9. The minimum absolute atomic E-state index is 0.0328. The Bertz CT molecular complexity index is 1500. The lowest BCUT2D eigenvalue weighted by Gasteiger charge is -2.27. The van der Waals surface area contributed by atoms with Crippen molar-refractivity contribution in [1.29, 1.82) is 0 Å². The number of aliphatic carboxylic acids is 1. The van der Waals surface area contributed by atoms with Crippen LogP contribution in [0.25, 0.3) is 0 Å². The van der Waals surface area contributed by atoms with Crippen LogP contribution in [0.15, 0.2) is 71.9 Å². The summed E-state index contributed by atoms with van der Waals surface area (Å²) in [5.74, 6) is -3.48. The van der Waals surface area contributed by atoms with Crippen molar-refractivity contribution in [1.82, 2.24) is 14.9 Å². The molecule has 1 saturated heterocycles. The Kier molecular flexibility index (Phi) is 9.69. The maximum Gasteiger partial charge on any atom is 0.490 e. The largest absolute Gasteiger partial charge is 0.490 e. The maximum absolute atomic E-state index is 13.2. The van der Waals surface area contributed by atoms with E-state index in [4.69, 9.17) is 9.90 Å². The Morgan fingerprint density at radius 3 is 2.12 bits per heavy atom. The Morgan fingerprint density at radius 2 is 1.58 bits per heavy atom. The molecule has 2 aromatic heterocycles. The van der Waals surface area contributed by atoms with Crippen molar-refractivity contribution in [2.24, 2.45) is 0 Å². The fraction of sp³-hybridized carbons (Fsp3) is 0.231. The number of hydrogen-bond acceptors (Lipinski definition) is 7. The number of benzene rings is 1. The molecule has 1 aromatic carbocycles. The second-order valence-corrected chi connectivity index (χ2v) is 10.3. The van der Waals surface area contributed by atoms with E-state index in [-0.39, 0.29) is 40.4 Å². The summed E-state index contributed by atoms with van der Waals surface area (Å²) in [5, 5.41) is 9.77. The van der Waals surface area contributed by atoms with Crippen molar-refractivity contribution in [3.63, 3.8) is 0 Å². The molecule has 0 radical (unpaired) electrons. The van der Waals surface area contributed by atoms with Crippen LogP contribution in [0.5, 0.6) is 0 Å². The highest BCUT2D eigenvalue weighted by atomic mass is 32.2. The number of carboxylic acid groups (broad SMARTS) is 1. The van der Waals surface area contributed by atoms with Gasteiger partial charge in [0.1, 0.15) is 17.1 Å². The average Bonchev–Trinajstić information content (AvgIpc) is 3.08. The predicted molar refractivity (Wildman–Crippen MR) is 141 cm³/mol. The third-order valence-corrected chi connectivity index (χ3v) is 6.44. The molecule has 0 bridgehead atoms. The summed E-state index contributed by atoms with van der Waals surface area (Å²) in [7, 11) is 0. The summed E-state index contributed by atoms with van der Waals surface area (Å²) in [4.78, 5) is 58.0. The van der Waals surface area contributed by atoms with E-state index in [0.29, 0.717) is 5.56 Å². The third kappa shape index (κ3) is 8.43. The first-order chi connectivity index (χ1) is 19.9. The Labute approximate surface area is 243 Å². The van der Waals surface area contributed by atoms with E-state index >= 15 is 0 Å². The van der Waals surface area contributed by atoms with Crippen molar-refractivity contribution in [2.45, 2.75) is 42.5 Å². The van der Waals surface area contributed by atoms with Gasteiger partial charge in [-0.3, -0.25) is 14.6 Å². The van der Waals surface area contributed by atoms with Gasteiger partial charge in [0.15, 0.2) is 0 Å². The van der Waals surface area contributed by atoms with Crippen LogP contribution in [0.1, 0.15) is 29.9 Å². The summed E-state index contributed by atoms with van der Waals surface area (Å²) in [6, 6.07) is 12.6. The van der Waals surface area contributed by atoms with Crippen LogP contribution in [0.4, 0.5) is 42.6 Å². The highest BCUT2D eigenvalue weighted by Crippen LogP contribution is 2.39. The van der Waals surface area contributed by atoms with Crippen molar-refractivity contribution in [2.75, 3.05) is 10.2 Å². The Morgan fingerprint density at radius 1 is 0.953 bits per heavy atom. The zero-order valence-electron chi connectivity index (χ0n) is 22.1.